The second-order valence-electron chi connectivity index (χ2n) is 7.29. The largest absolute Gasteiger partial charge is 0.361 e. The highest BCUT2D eigenvalue weighted by molar-refractivity contribution is 6.52. The summed E-state index contributed by atoms with van der Waals surface area (Å²) >= 11 is 6.62. The van der Waals surface area contributed by atoms with Gasteiger partial charge in [-0.05, 0) is 41.6 Å². The molecule has 2 amide bonds. The molecule has 148 valence electrons. The first-order valence-corrected chi connectivity index (χ1v) is 9.99. The monoisotopic (exact) mass is 415 g/mol. The zero-order valence-electron chi connectivity index (χ0n) is 16.2. The number of carbonyl (C=O) groups excluding carboxylic acids is 2. The Kier molecular flexibility index (Phi) is 4.42. The maximum absolute atomic E-state index is 13.0. The number of carbonyl (C=O) groups is 2. The van der Waals surface area contributed by atoms with Gasteiger partial charge in [0.15, 0.2) is 0 Å². The van der Waals surface area contributed by atoms with Gasteiger partial charge in [-0.25, -0.2) is 0 Å². The van der Waals surface area contributed by atoms with Crippen LogP contribution in [0.2, 0.25) is 5.02 Å². The van der Waals surface area contributed by atoms with Crippen LogP contribution in [0.3, 0.4) is 0 Å². The lowest BCUT2D eigenvalue weighted by Gasteiger charge is -2.12. The molecule has 0 radical (unpaired) electrons. The van der Waals surface area contributed by atoms with Gasteiger partial charge in [0.2, 0.25) is 0 Å². The smallest absolute Gasteiger partial charge is 0.259 e. The van der Waals surface area contributed by atoms with E-state index in [1.807, 2.05) is 55.6 Å². The van der Waals surface area contributed by atoms with E-state index in [1.54, 1.807) is 12.3 Å². The lowest BCUT2D eigenvalue weighted by molar-refractivity contribution is -0.122. The molecule has 3 N–H and O–H groups in total. The SMILES string of the molecule is CNCc1ccc2ccc(Cl)c(C3=C(c4c[nH]c5ccccc45)C(=O)NC3=O)c2c1. The minimum Gasteiger partial charge on any atom is -0.361 e. The zero-order valence-corrected chi connectivity index (χ0v) is 16.9. The van der Waals surface area contributed by atoms with Gasteiger partial charge in [-0.3, -0.25) is 14.9 Å². The number of rotatable bonds is 4. The van der Waals surface area contributed by atoms with Crippen LogP contribution in [0, 0.1) is 0 Å². The normalized spacial score (nSPS) is 14.2. The highest BCUT2D eigenvalue weighted by atomic mass is 35.5. The van der Waals surface area contributed by atoms with E-state index in [1.165, 1.54) is 0 Å². The molecule has 0 fully saturated rings. The maximum atomic E-state index is 13.0. The Labute approximate surface area is 177 Å². The summed E-state index contributed by atoms with van der Waals surface area (Å²) < 4.78 is 0. The summed E-state index contributed by atoms with van der Waals surface area (Å²) in [5.74, 6) is -0.854. The first kappa shape index (κ1) is 18.6. The fourth-order valence-corrected chi connectivity index (χ4v) is 4.40. The third-order valence-electron chi connectivity index (χ3n) is 5.46. The molecular weight excluding hydrogens is 398 g/mol. The standard InChI is InChI=1S/C24H18ClN3O2/c1-26-11-13-6-7-14-8-9-18(25)20(16(14)10-13)22-21(23(29)28-24(22)30)17-12-27-19-5-3-2-4-15(17)19/h2-10,12,26-27H,11H2,1H3,(H,28,29,30). The Morgan fingerprint density at radius 3 is 2.53 bits per heavy atom. The van der Waals surface area contributed by atoms with Crippen molar-refractivity contribution >= 4 is 56.2 Å². The van der Waals surface area contributed by atoms with E-state index in [2.05, 4.69) is 15.6 Å². The third-order valence-corrected chi connectivity index (χ3v) is 5.77. The number of para-hydroxylation sites is 1. The number of imide groups is 1. The predicted molar refractivity (Wildman–Crippen MR) is 120 cm³/mol. The van der Waals surface area contributed by atoms with E-state index in [4.69, 9.17) is 11.6 Å². The molecule has 1 aliphatic heterocycles. The van der Waals surface area contributed by atoms with Gasteiger partial charge in [0.25, 0.3) is 11.8 Å². The van der Waals surface area contributed by atoms with Crippen LogP contribution in [-0.2, 0) is 16.1 Å². The quantitative estimate of drug-likeness (QED) is 0.436. The number of hydrogen-bond acceptors (Lipinski definition) is 3. The van der Waals surface area contributed by atoms with Crippen molar-refractivity contribution in [2.75, 3.05) is 7.05 Å². The minimum atomic E-state index is -0.436. The van der Waals surface area contributed by atoms with Crippen molar-refractivity contribution in [1.29, 1.82) is 0 Å². The molecule has 0 aliphatic carbocycles. The van der Waals surface area contributed by atoms with Crippen molar-refractivity contribution in [3.05, 3.63) is 82.5 Å². The molecule has 6 heteroatoms. The van der Waals surface area contributed by atoms with Crippen molar-refractivity contribution in [3.63, 3.8) is 0 Å². The van der Waals surface area contributed by atoms with Crippen LogP contribution in [0.25, 0.3) is 32.8 Å². The van der Waals surface area contributed by atoms with Gasteiger partial charge in [0.1, 0.15) is 0 Å². The molecule has 5 nitrogen and oxygen atoms in total. The highest BCUT2D eigenvalue weighted by Gasteiger charge is 2.35. The molecule has 2 heterocycles. The van der Waals surface area contributed by atoms with Gasteiger partial charge in [0, 0.05) is 39.8 Å². The molecule has 0 unspecified atom stereocenters. The second kappa shape index (κ2) is 7.13. The lowest BCUT2D eigenvalue weighted by atomic mass is 9.91. The first-order valence-electron chi connectivity index (χ1n) is 9.61. The Morgan fingerprint density at radius 2 is 1.70 bits per heavy atom. The average Bonchev–Trinajstić information content (AvgIpc) is 3.28. The summed E-state index contributed by atoms with van der Waals surface area (Å²) in [6.45, 7) is 0.682. The Morgan fingerprint density at radius 1 is 0.933 bits per heavy atom. The molecule has 0 bridgehead atoms. The van der Waals surface area contributed by atoms with E-state index >= 15 is 0 Å². The fraction of sp³-hybridized carbons (Fsp3) is 0.0833. The van der Waals surface area contributed by atoms with E-state index < -0.39 is 11.8 Å². The first-order chi connectivity index (χ1) is 14.6. The van der Waals surface area contributed by atoms with Crippen molar-refractivity contribution in [2.24, 2.45) is 0 Å². The Bertz CT molecular complexity index is 1380. The van der Waals surface area contributed by atoms with Gasteiger partial charge in [-0.2, -0.15) is 0 Å². The molecule has 4 aromatic rings. The topological polar surface area (TPSA) is 74.0 Å². The van der Waals surface area contributed by atoms with Crippen LogP contribution >= 0.6 is 11.6 Å². The average molecular weight is 416 g/mol. The molecular formula is C24H18ClN3O2. The Balaban J connectivity index is 1.86. The molecule has 0 saturated carbocycles. The number of aromatic nitrogens is 1. The molecule has 0 spiro atoms. The number of amides is 2. The molecule has 3 aromatic carbocycles. The number of halogens is 1. The molecule has 30 heavy (non-hydrogen) atoms. The molecule has 5 rings (SSSR count). The van der Waals surface area contributed by atoms with Gasteiger partial charge < -0.3 is 10.3 Å². The van der Waals surface area contributed by atoms with Gasteiger partial charge >= 0.3 is 0 Å². The highest BCUT2D eigenvalue weighted by Crippen LogP contribution is 2.40. The number of benzene rings is 3. The van der Waals surface area contributed by atoms with E-state index in [9.17, 15) is 9.59 Å². The number of aromatic amines is 1. The predicted octanol–water partition coefficient (Wildman–Crippen LogP) is 4.26. The lowest BCUT2D eigenvalue weighted by Crippen LogP contribution is -2.22. The van der Waals surface area contributed by atoms with Gasteiger partial charge in [0.05, 0.1) is 11.1 Å². The summed E-state index contributed by atoms with van der Waals surface area (Å²) in [7, 11) is 1.88. The van der Waals surface area contributed by atoms with Crippen molar-refractivity contribution < 1.29 is 9.59 Å². The minimum absolute atomic E-state index is 0.307. The number of fused-ring (bicyclic) bond motifs is 2. The summed E-state index contributed by atoms with van der Waals surface area (Å²) in [5.41, 5.74) is 3.87. The van der Waals surface area contributed by atoms with E-state index in [0.717, 1.165) is 27.2 Å². The van der Waals surface area contributed by atoms with Crippen LogP contribution in [0.1, 0.15) is 16.7 Å². The summed E-state index contributed by atoms with van der Waals surface area (Å²) in [6, 6.07) is 17.4. The van der Waals surface area contributed by atoms with Crippen LogP contribution in [-0.4, -0.2) is 23.8 Å². The molecule has 0 atom stereocenters. The molecule has 1 aromatic heterocycles. The van der Waals surface area contributed by atoms with Crippen molar-refractivity contribution in [3.8, 4) is 0 Å². The Hall–Kier alpha value is -3.41. The summed E-state index contributed by atoms with van der Waals surface area (Å²) in [5, 5.41) is 8.70. The van der Waals surface area contributed by atoms with E-state index in [-0.39, 0.29) is 0 Å². The maximum Gasteiger partial charge on any atom is 0.259 e. The molecule has 0 saturated heterocycles. The number of hydrogen-bond donors (Lipinski definition) is 3. The van der Waals surface area contributed by atoms with E-state index in [0.29, 0.717) is 33.8 Å². The van der Waals surface area contributed by atoms with Crippen LogP contribution in [0.5, 0.6) is 0 Å². The summed E-state index contributed by atoms with van der Waals surface area (Å²) in [4.78, 5) is 29.0. The van der Waals surface area contributed by atoms with Gasteiger partial charge in [-0.15, -0.1) is 0 Å². The fourth-order valence-electron chi connectivity index (χ4n) is 4.14. The number of H-pyrrole nitrogens is 1. The molecule has 1 aliphatic rings. The van der Waals surface area contributed by atoms with Crippen molar-refractivity contribution in [1.82, 2.24) is 15.6 Å². The van der Waals surface area contributed by atoms with Crippen LogP contribution < -0.4 is 10.6 Å². The third kappa shape index (κ3) is 2.83. The number of nitrogens with one attached hydrogen (secondary N) is 3. The van der Waals surface area contributed by atoms with Crippen molar-refractivity contribution in [2.45, 2.75) is 6.54 Å². The van der Waals surface area contributed by atoms with Crippen LogP contribution in [0.15, 0.2) is 60.8 Å². The van der Waals surface area contributed by atoms with Crippen LogP contribution in [0.4, 0.5) is 0 Å². The zero-order chi connectivity index (χ0) is 20.8. The second-order valence-corrected chi connectivity index (χ2v) is 7.70. The van der Waals surface area contributed by atoms with Gasteiger partial charge in [-0.1, -0.05) is 48.0 Å². The summed E-state index contributed by atoms with van der Waals surface area (Å²) in [6.07, 6.45) is 1.77.